The fourth-order valence-corrected chi connectivity index (χ4v) is 10.9. The Balaban J connectivity index is 1.52. The number of rotatable bonds is 18. The molecule has 0 radical (unpaired) electrons. The van der Waals surface area contributed by atoms with Gasteiger partial charge in [0.25, 0.3) is 5.91 Å². The van der Waals surface area contributed by atoms with Crippen LogP contribution in [-0.2, 0) is 20.9 Å². The molecule has 9 heteroatoms. The summed E-state index contributed by atoms with van der Waals surface area (Å²) in [6, 6.07) is 17.3. The number of carbonyl (C=O) groups is 3. The first-order valence-corrected chi connectivity index (χ1v) is 18.9. The molecule has 49 heavy (non-hydrogen) atoms. The molecule has 264 valence electrons. The number of fused-ring (bicyclic) bond motifs is 1. The van der Waals surface area contributed by atoms with Gasteiger partial charge in [0.05, 0.1) is 16.6 Å². The maximum atomic E-state index is 15.1. The van der Waals surface area contributed by atoms with Crippen LogP contribution >= 0.6 is 11.8 Å². The quantitative estimate of drug-likeness (QED) is 0.150. The number of likely N-dealkylation sites (tertiary alicyclic amines) is 1. The largest absolute Gasteiger partial charge is 0.396 e. The van der Waals surface area contributed by atoms with Crippen molar-refractivity contribution in [1.29, 1.82) is 0 Å². The summed E-state index contributed by atoms with van der Waals surface area (Å²) in [5.74, 6) is -1.22. The van der Waals surface area contributed by atoms with E-state index in [0.717, 1.165) is 55.7 Å². The molecule has 3 unspecified atom stereocenters. The van der Waals surface area contributed by atoms with Crippen molar-refractivity contribution in [3.63, 3.8) is 0 Å². The Morgan fingerprint density at radius 2 is 1.59 bits per heavy atom. The van der Waals surface area contributed by atoms with E-state index in [0.29, 0.717) is 32.6 Å². The van der Waals surface area contributed by atoms with E-state index in [1.165, 1.54) is 0 Å². The third-order valence-electron chi connectivity index (χ3n) is 10.8. The second-order valence-corrected chi connectivity index (χ2v) is 15.2. The van der Waals surface area contributed by atoms with Crippen LogP contribution in [0, 0.1) is 17.8 Å². The molecule has 5 rings (SSSR count). The first-order valence-electron chi connectivity index (χ1n) is 18.1. The number of hydrogen-bond acceptors (Lipinski definition) is 6. The molecule has 3 fully saturated rings. The predicted molar refractivity (Wildman–Crippen MR) is 201 cm³/mol. The summed E-state index contributed by atoms with van der Waals surface area (Å²) in [5.41, 5.74) is 2.89. The summed E-state index contributed by atoms with van der Waals surface area (Å²) in [4.78, 5) is 52.2. The number of thioether (sulfide) groups is 1. The highest BCUT2D eigenvalue weighted by molar-refractivity contribution is 8.02. The normalized spacial score (nSPS) is 25.3. The molecule has 0 aliphatic carbocycles. The van der Waals surface area contributed by atoms with Crippen LogP contribution < -0.4 is 9.80 Å². The monoisotopic (exact) mass is 686 g/mol. The molecule has 3 heterocycles. The number of amides is 3. The number of carbonyl (C=O) groups excluding carboxylic acids is 3. The zero-order chi connectivity index (χ0) is 35.1. The fraction of sp³-hybridized carbons (Fsp3) is 0.525. The van der Waals surface area contributed by atoms with Crippen LogP contribution in [0.25, 0.3) is 0 Å². The van der Waals surface area contributed by atoms with E-state index in [-0.39, 0.29) is 35.5 Å². The summed E-state index contributed by atoms with van der Waals surface area (Å²) >= 11 is 1.72. The minimum atomic E-state index is -0.711. The highest BCUT2D eigenvalue weighted by Gasteiger charge is 2.76. The molecular weight excluding hydrogens is 633 g/mol. The lowest BCUT2D eigenvalue weighted by atomic mass is 9.65. The van der Waals surface area contributed by atoms with Crippen LogP contribution in [-0.4, -0.2) is 88.0 Å². The van der Waals surface area contributed by atoms with E-state index in [1.807, 2.05) is 52.3 Å². The lowest BCUT2D eigenvalue weighted by Gasteiger charge is -2.41. The number of unbranched alkanes of at least 4 members (excludes halogenated alkanes) is 3. The third kappa shape index (κ3) is 7.07. The van der Waals surface area contributed by atoms with E-state index in [9.17, 15) is 14.7 Å². The number of aliphatic hydroxyl groups is 1. The summed E-state index contributed by atoms with van der Waals surface area (Å²) < 4.78 is -0.711. The molecule has 0 aromatic heterocycles. The summed E-state index contributed by atoms with van der Waals surface area (Å²) in [7, 11) is 0. The zero-order valence-corrected chi connectivity index (χ0v) is 30.3. The van der Waals surface area contributed by atoms with E-state index in [2.05, 4.69) is 51.0 Å². The number of nitrogens with zero attached hydrogens (tertiary/aromatic N) is 4. The maximum Gasteiger partial charge on any atom is 0.251 e. The van der Waals surface area contributed by atoms with Crippen LogP contribution in [0.5, 0.6) is 0 Å². The van der Waals surface area contributed by atoms with Crippen molar-refractivity contribution < 1.29 is 19.5 Å². The SMILES string of the molecule is C=CCN(Cc1ccccc1)C(=O)[C@@H]1[C@H]2C(=O)N(CCCCCCO)C(C(=O)N(CC=C)c3ccc(N(CC)CC)cc3)C23S[C@@H]1CC3C. The van der Waals surface area contributed by atoms with Crippen molar-refractivity contribution in [3.8, 4) is 0 Å². The van der Waals surface area contributed by atoms with Gasteiger partial charge in [-0.3, -0.25) is 14.4 Å². The van der Waals surface area contributed by atoms with Gasteiger partial charge < -0.3 is 24.7 Å². The van der Waals surface area contributed by atoms with Crippen molar-refractivity contribution in [1.82, 2.24) is 9.80 Å². The first kappa shape index (κ1) is 36.7. The topological polar surface area (TPSA) is 84.4 Å². The summed E-state index contributed by atoms with van der Waals surface area (Å²) in [5, 5.41) is 9.29. The number of benzene rings is 2. The molecular formula is C40H54N4O4S. The van der Waals surface area contributed by atoms with E-state index in [1.54, 1.807) is 28.8 Å². The average molecular weight is 687 g/mol. The zero-order valence-electron chi connectivity index (χ0n) is 29.5. The van der Waals surface area contributed by atoms with E-state index < -0.39 is 22.6 Å². The molecule has 1 spiro atoms. The van der Waals surface area contributed by atoms with Gasteiger partial charge in [0.15, 0.2) is 0 Å². The number of hydrogen-bond donors (Lipinski definition) is 1. The van der Waals surface area contributed by atoms with Crippen LogP contribution in [0.2, 0.25) is 0 Å². The van der Waals surface area contributed by atoms with Crippen LogP contribution in [0.4, 0.5) is 11.4 Å². The van der Waals surface area contributed by atoms with Gasteiger partial charge >= 0.3 is 0 Å². The molecule has 3 saturated heterocycles. The van der Waals surface area contributed by atoms with Crippen LogP contribution in [0.1, 0.15) is 58.4 Å². The summed E-state index contributed by atoms with van der Waals surface area (Å²) in [6.07, 6.45) is 7.43. The van der Waals surface area contributed by atoms with Gasteiger partial charge in [-0.25, -0.2) is 0 Å². The molecule has 2 aromatic carbocycles. The molecule has 6 atom stereocenters. The minimum absolute atomic E-state index is 0.0284. The average Bonchev–Trinajstić information content (AvgIpc) is 3.71. The standard InChI is InChI=1S/C40H54N4O4S/c1-6-23-42(28-30-17-13-12-14-18-30)37(46)34-33-27-29(5)40(49-33)35(34)38(47)44(25-15-10-11-16-26-45)36(40)39(48)43(24-7-2)32-21-19-31(20-22-32)41(8-3)9-4/h6-7,12-14,17-22,29,33-36,45H,1-2,8-11,15-16,23-28H2,3-5H3/t29?,33-,34+,35+,36?,40?/m1/s1. The van der Waals surface area contributed by atoms with Crippen LogP contribution in [0.3, 0.4) is 0 Å². The van der Waals surface area contributed by atoms with Gasteiger partial charge in [-0.2, -0.15) is 0 Å². The van der Waals surface area contributed by atoms with Gasteiger partial charge in [0.2, 0.25) is 11.8 Å². The van der Waals surface area contributed by atoms with E-state index >= 15 is 4.79 Å². The Morgan fingerprint density at radius 3 is 2.22 bits per heavy atom. The van der Waals surface area contributed by atoms with Gasteiger partial charge in [0.1, 0.15) is 6.04 Å². The molecule has 3 aliphatic rings. The number of aliphatic hydroxyl groups excluding tert-OH is 1. The minimum Gasteiger partial charge on any atom is -0.396 e. The van der Waals surface area contributed by atoms with Gasteiger partial charge in [-0.1, -0.05) is 62.2 Å². The Bertz CT molecular complexity index is 1460. The molecule has 3 aliphatic heterocycles. The van der Waals surface area contributed by atoms with Crippen molar-refractivity contribution in [2.24, 2.45) is 17.8 Å². The Morgan fingerprint density at radius 1 is 0.939 bits per heavy atom. The molecule has 0 saturated carbocycles. The summed E-state index contributed by atoms with van der Waals surface area (Å²) in [6.45, 7) is 17.8. The second-order valence-electron chi connectivity index (χ2n) is 13.6. The van der Waals surface area contributed by atoms with Crippen molar-refractivity contribution in [3.05, 3.63) is 85.5 Å². The van der Waals surface area contributed by atoms with E-state index in [4.69, 9.17) is 0 Å². The van der Waals surface area contributed by atoms with Gasteiger partial charge in [-0.05, 0) is 68.9 Å². The van der Waals surface area contributed by atoms with Crippen molar-refractivity contribution in [2.75, 3.05) is 49.1 Å². The highest BCUT2D eigenvalue weighted by atomic mass is 32.2. The Hall–Kier alpha value is -3.56. The Labute approximate surface area is 297 Å². The fourth-order valence-electron chi connectivity index (χ4n) is 8.50. The molecule has 2 aromatic rings. The predicted octanol–water partition coefficient (Wildman–Crippen LogP) is 6.16. The van der Waals surface area contributed by atoms with Crippen LogP contribution in [0.15, 0.2) is 79.9 Å². The lowest BCUT2D eigenvalue weighted by Crippen LogP contribution is -2.57. The van der Waals surface area contributed by atoms with Gasteiger partial charge in [-0.15, -0.1) is 24.9 Å². The number of anilines is 2. The molecule has 1 N–H and O–H groups in total. The Kier molecular flexibility index (Phi) is 12.3. The lowest BCUT2D eigenvalue weighted by molar-refractivity contribution is -0.144. The highest BCUT2D eigenvalue weighted by Crippen LogP contribution is 2.69. The van der Waals surface area contributed by atoms with Crippen molar-refractivity contribution in [2.45, 2.75) is 75.5 Å². The van der Waals surface area contributed by atoms with Crippen molar-refractivity contribution >= 4 is 40.9 Å². The molecule has 8 nitrogen and oxygen atoms in total. The molecule has 2 bridgehead atoms. The molecule has 3 amide bonds. The maximum absolute atomic E-state index is 15.1. The second kappa shape index (κ2) is 16.4. The third-order valence-corrected chi connectivity index (χ3v) is 12.9. The smallest absolute Gasteiger partial charge is 0.251 e. The van der Waals surface area contributed by atoms with Gasteiger partial charge in [0, 0.05) is 62.5 Å². The first-order chi connectivity index (χ1) is 23.8.